The lowest BCUT2D eigenvalue weighted by Gasteiger charge is -2.07. The smallest absolute Gasteiger partial charge is 0.123 e. The van der Waals surface area contributed by atoms with Crippen molar-refractivity contribution in [3.63, 3.8) is 0 Å². The Bertz CT molecular complexity index is 1200. The summed E-state index contributed by atoms with van der Waals surface area (Å²) < 4.78 is 6.96. The van der Waals surface area contributed by atoms with Crippen molar-refractivity contribution >= 4 is 27.3 Å². The molecule has 1 atom stereocenters. The summed E-state index contributed by atoms with van der Waals surface area (Å²) in [6.45, 7) is 3.86. The van der Waals surface area contributed by atoms with Crippen LogP contribution in [0.15, 0.2) is 83.3 Å². The zero-order chi connectivity index (χ0) is 21.2. The first-order valence-corrected chi connectivity index (χ1v) is 12.2. The zero-order valence-electron chi connectivity index (χ0n) is 17.4. The molecule has 0 bridgehead atoms. The highest BCUT2D eigenvalue weighted by Crippen LogP contribution is 2.34. The molecule has 1 aliphatic rings. The SMILES string of the molecule is CC1Cc2cc(-c3ccc(CNCc4ccc(-c5ccccc5Br)s4)cc3)ccc2O1. The number of benzene rings is 3. The van der Waals surface area contributed by atoms with E-state index in [0.29, 0.717) is 0 Å². The molecule has 2 heterocycles. The van der Waals surface area contributed by atoms with Gasteiger partial charge in [-0.3, -0.25) is 0 Å². The first-order valence-electron chi connectivity index (χ1n) is 10.6. The van der Waals surface area contributed by atoms with Gasteiger partial charge in [-0.1, -0.05) is 64.5 Å². The van der Waals surface area contributed by atoms with Gasteiger partial charge < -0.3 is 10.1 Å². The Kier molecular flexibility index (Phi) is 5.95. The Hall–Kier alpha value is -2.40. The molecule has 1 aliphatic heterocycles. The molecule has 31 heavy (non-hydrogen) atoms. The lowest BCUT2D eigenvalue weighted by atomic mass is 10.00. The van der Waals surface area contributed by atoms with Gasteiger partial charge in [0.25, 0.3) is 0 Å². The third-order valence-corrected chi connectivity index (χ3v) is 7.42. The second kappa shape index (κ2) is 8.99. The molecule has 4 aromatic rings. The average molecular weight is 490 g/mol. The van der Waals surface area contributed by atoms with Crippen LogP contribution in [0.4, 0.5) is 0 Å². The maximum absolute atomic E-state index is 5.82. The first-order chi connectivity index (χ1) is 15.2. The molecule has 1 aromatic heterocycles. The standard InChI is InChI=1S/C27H24BrNOS/c1-18-14-22-15-21(10-12-26(22)30-18)20-8-6-19(7-9-20)16-29-17-23-11-13-27(31-23)24-4-2-3-5-25(24)28/h2-13,15,18,29H,14,16-17H2,1H3. The molecule has 0 radical (unpaired) electrons. The number of nitrogens with one attached hydrogen (secondary N) is 1. The molecule has 5 rings (SSSR count). The van der Waals surface area contributed by atoms with Crippen molar-refractivity contribution in [2.45, 2.75) is 32.5 Å². The van der Waals surface area contributed by atoms with Gasteiger partial charge in [0.2, 0.25) is 0 Å². The van der Waals surface area contributed by atoms with E-state index in [2.05, 4.69) is 101 Å². The van der Waals surface area contributed by atoms with Crippen molar-refractivity contribution in [3.8, 4) is 27.3 Å². The summed E-state index contributed by atoms with van der Waals surface area (Å²) in [5.74, 6) is 1.04. The Balaban J connectivity index is 1.19. The number of thiophene rings is 1. The first kappa shape index (κ1) is 20.5. The van der Waals surface area contributed by atoms with E-state index in [-0.39, 0.29) is 6.10 Å². The monoisotopic (exact) mass is 489 g/mol. The van der Waals surface area contributed by atoms with Gasteiger partial charge in [0, 0.05) is 39.3 Å². The molecule has 0 amide bonds. The van der Waals surface area contributed by atoms with E-state index in [0.717, 1.165) is 29.7 Å². The highest BCUT2D eigenvalue weighted by Gasteiger charge is 2.19. The third kappa shape index (κ3) is 4.62. The van der Waals surface area contributed by atoms with E-state index < -0.39 is 0 Å². The van der Waals surface area contributed by atoms with E-state index in [1.165, 1.54) is 37.6 Å². The van der Waals surface area contributed by atoms with Gasteiger partial charge in [0.05, 0.1) is 0 Å². The molecule has 0 saturated heterocycles. The molecular weight excluding hydrogens is 466 g/mol. The molecule has 1 N–H and O–H groups in total. The largest absolute Gasteiger partial charge is 0.490 e. The second-order valence-corrected chi connectivity index (χ2v) is 10.0. The minimum absolute atomic E-state index is 0.285. The molecule has 3 aromatic carbocycles. The van der Waals surface area contributed by atoms with Crippen LogP contribution < -0.4 is 10.1 Å². The molecule has 0 fully saturated rings. The summed E-state index contributed by atoms with van der Waals surface area (Å²) in [7, 11) is 0. The van der Waals surface area contributed by atoms with Gasteiger partial charge in [-0.15, -0.1) is 11.3 Å². The van der Waals surface area contributed by atoms with Crippen LogP contribution in [0.1, 0.15) is 22.9 Å². The number of fused-ring (bicyclic) bond motifs is 1. The summed E-state index contributed by atoms with van der Waals surface area (Å²) in [4.78, 5) is 2.64. The van der Waals surface area contributed by atoms with Crippen LogP contribution in [0.2, 0.25) is 0 Å². The van der Waals surface area contributed by atoms with Gasteiger partial charge in [-0.25, -0.2) is 0 Å². The predicted octanol–water partition coefficient (Wildman–Crippen LogP) is 7.46. The fourth-order valence-corrected chi connectivity index (χ4v) is 5.67. The number of hydrogen-bond acceptors (Lipinski definition) is 3. The number of rotatable bonds is 6. The fourth-order valence-electron chi connectivity index (χ4n) is 4.03. The van der Waals surface area contributed by atoms with Crippen LogP contribution in [0.25, 0.3) is 21.6 Å². The molecule has 156 valence electrons. The zero-order valence-corrected chi connectivity index (χ0v) is 19.8. The summed E-state index contributed by atoms with van der Waals surface area (Å²) in [6, 6.07) is 28.2. The Morgan fingerprint density at radius 1 is 0.935 bits per heavy atom. The van der Waals surface area contributed by atoms with Crippen molar-refractivity contribution in [2.75, 3.05) is 0 Å². The summed E-state index contributed by atoms with van der Waals surface area (Å²) >= 11 is 5.49. The van der Waals surface area contributed by atoms with Crippen molar-refractivity contribution in [1.82, 2.24) is 5.32 Å². The van der Waals surface area contributed by atoms with Crippen LogP contribution in [0.5, 0.6) is 5.75 Å². The maximum Gasteiger partial charge on any atom is 0.123 e. The summed E-state index contributed by atoms with van der Waals surface area (Å²) in [6.07, 6.45) is 1.28. The van der Waals surface area contributed by atoms with Crippen LogP contribution in [-0.2, 0) is 19.5 Å². The van der Waals surface area contributed by atoms with Gasteiger partial charge in [0.1, 0.15) is 11.9 Å². The lowest BCUT2D eigenvalue weighted by molar-refractivity contribution is 0.254. The minimum Gasteiger partial charge on any atom is -0.490 e. The van der Waals surface area contributed by atoms with Crippen molar-refractivity contribution in [1.29, 1.82) is 0 Å². The van der Waals surface area contributed by atoms with Crippen LogP contribution in [0.3, 0.4) is 0 Å². The molecule has 0 saturated carbocycles. The normalized spacial score (nSPS) is 15.0. The quantitative estimate of drug-likeness (QED) is 0.303. The van der Waals surface area contributed by atoms with Gasteiger partial charge >= 0.3 is 0 Å². The van der Waals surface area contributed by atoms with Crippen molar-refractivity contribution in [2.24, 2.45) is 0 Å². The van der Waals surface area contributed by atoms with E-state index in [4.69, 9.17) is 4.74 Å². The van der Waals surface area contributed by atoms with Crippen LogP contribution in [0, 0.1) is 0 Å². The Morgan fingerprint density at radius 2 is 1.74 bits per heavy atom. The van der Waals surface area contributed by atoms with Crippen LogP contribution in [-0.4, -0.2) is 6.10 Å². The maximum atomic E-state index is 5.82. The van der Waals surface area contributed by atoms with E-state index in [1.54, 1.807) is 0 Å². The fraction of sp³-hybridized carbons (Fsp3) is 0.185. The van der Waals surface area contributed by atoms with Gasteiger partial charge in [-0.2, -0.15) is 0 Å². The molecule has 4 heteroatoms. The number of ether oxygens (including phenoxy) is 1. The Morgan fingerprint density at radius 3 is 2.58 bits per heavy atom. The summed E-state index contributed by atoms with van der Waals surface area (Å²) in [5.41, 5.74) is 6.37. The lowest BCUT2D eigenvalue weighted by Crippen LogP contribution is -2.11. The molecule has 0 aliphatic carbocycles. The molecule has 1 unspecified atom stereocenters. The van der Waals surface area contributed by atoms with E-state index in [9.17, 15) is 0 Å². The number of hydrogen-bond donors (Lipinski definition) is 1. The Labute approximate surface area is 196 Å². The van der Waals surface area contributed by atoms with E-state index >= 15 is 0 Å². The van der Waals surface area contributed by atoms with Gasteiger partial charge in [-0.05, 0) is 59.5 Å². The highest BCUT2D eigenvalue weighted by molar-refractivity contribution is 9.10. The third-order valence-electron chi connectivity index (χ3n) is 5.61. The minimum atomic E-state index is 0.285. The topological polar surface area (TPSA) is 21.3 Å². The predicted molar refractivity (Wildman–Crippen MR) is 134 cm³/mol. The number of halogens is 1. The van der Waals surface area contributed by atoms with Crippen molar-refractivity contribution < 1.29 is 4.74 Å². The van der Waals surface area contributed by atoms with E-state index in [1.807, 2.05) is 17.4 Å². The average Bonchev–Trinajstić information content (AvgIpc) is 3.39. The van der Waals surface area contributed by atoms with Crippen molar-refractivity contribution in [3.05, 3.63) is 99.3 Å². The van der Waals surface area contributed by atoms with Gasteiger partial charge in [0.15, 0.2) is 0 Å². The highest BCUT2D eigenvalue weighted by atomic mass is 79.9. The molecular formula is C27H24BrNOS. The molecule has 0 spiro atoms. The second-order valence-electron chi connectivity index (χ2n) is 8.00. The summed E-state index contributed by atoms with van der Waals surface area (Å²) in [5, 5.41) is 3.58. The van der Waals surface area contributed by atoms with Crippen LogP contribution >= 0.6 is 27.3 Å². The molecule has 2 nitrogen and oxygen atoms in total.